The van der Waals surface area contributed by atoms with Crippen molar-refractivity contribution in [2.24, 2.45) is 5.92 Å². The Morgan fingerprint density at radius 2 is 1.36 bits per heavy atom. The third kappa shape index (κ3) is 25.7. The summed E-state index contributed by atoms with van der Waals surface area (Å²) in [5.74, 6) is 0.884. The molecule has 0 fully saturated rings. The van der Waals surface area contributed by atoms with Crippen LogP contribution in [0.15, 0.2) is 0 Å². The smallest absolute Gasteiger partial charge is 0.0589 e. The van der Waals surface area contributed by atoms with Crippen molar-refractivity contribution in [1.82, 2.24) is 0 Å². The molecule has 0 aromatic rings. The molecule has 0 radical (unpaired) electrons. The number of hydrogen-bond acceptors (Lipinski definition) is 1. The molecule has 0 amide bonds. The highest BCUT2D eigenvalue weighted by molar-refractivity contribution is 4.59. The summed E-state index contributed by atoms with van der Waals surface area (Å²) in [5.41, 5.74) is -0.458. The van der Waals surface area contributed by atoms with Crippen molar-refractivity contribution < 1.29 is 5.11 Å². The first-order valence-electron chi connectivity index (χ1n) is 4.55. The molecule has 0 spiro atoms. The first kappa shape index (κ1) is 13.5. The summed E-state index contributed by atoms with van der Waals surface area (Å²) >= 11 is 0. The second-order valence-corrected chi connectivity index (χ2v) is 3.97. The minimum Gasteiger partial charge on any atom is -0.390 e. The highest BCUT2D eigenvalue weighted by Gasteiger charge is 2.05. The fourth-order valence-electron chi connectivity index (χ4n) is 0. The SMILES string of the molecule is CCC(C)(C)O.CCC(C)C. The lowest BCUT2D eigenvalue weighted by Crippen LogP contribution is -2.15. The van der Waals surface area contributed by atoms with Gasteiger partial charge in [-0.3, -0.25) is 0 Å². The van der Waals surface area contributed by atoms with E-state index < -0.39 is 5.60 Å². The molecule has 1 N–H and O–H groups in total. The van der Waals surface area contributed by atoms with Gasteiger partial charge in [-0.2, -0.15) is 0 Å². The van der Waals surface area contributed by atoms with E-state index in [1.165, 1.54) is 6.42 Å². The number of hydrogen-bond donors (Lipinski definition) is 1. The maximum Gasteiger partial charge on any atom is 0.0589 e. The summed E-state index contributed by atoms with van der Waals surface area (Å²) in [6.45, 7) is 12.2. The zero-order valence-corrected chi connectivity index (χ0v) is 8.94. The Hall–Kier alpha value is -0.0400. The van der Waals surface area contributed by atoms with Crippen molar-refractivity contribution in [2.45, 2.75) is 60.0 Å². The van der Waals surface area contributed by atoms with E-state index in [1.807, 2.05) is 6.92 Å². The first-order valence-corrected chi connectivity index (χ1v) is 4.55. The van der Waals surface area contributed by atoms with Gasteiger partial charge in [0.1, 0.15) is 0 Å². The van der Waals surface area contributed by atoms with Crippen LogP contribution >= 0.6 is 0 Å². The monoisotopic (exact) mass is 160 g/mol. The molecule has 0 heterocycles. The predicted octanol–water partition coefficient (Wildman–Crippen LogP) is 3.22. The zero-order chi connectivity index (χ0) is 9.49. The van der Waals surface area contributed by atoms with Crippen LogP contribution in [0.2, 0.25) is 0 Å². The molecular formula is C10H24O. The molecule has 0 unspecified atom stereocenters. The Morgan fingerprint density at radius 3 is 1.36 bits per heavy atom. The van der Waals surface area contributed by atoms with E-state index in [9.17, 15) is 0 Å². The third-order valence-corrected chi connectivity index (χ3v) is 1.68. The minimum atomic E-state index is -0.458. The molecule has 1 heteroatoms. The van der Waals surface area contributed by atoms with Gasteiger partial charge in [-0.15, -0.1) is 0 Å². The van der Waals surface area contributed by atoms with E-state index in [2.05, 4.69) is 20.8 Å². The second kappa shape index (κ2) is 6.66. The van der Waals surface area contributed by atoms with Crippen molar-refractivity contribution >= 4 is 0 Å². The molecule has 0 bridgehead atoms. The average Bonchev–Trinajstić information content (AvgIpc) is 1.88. The van der Waals surface area contributed by atoms with Crippen LogP contribution in [0.3, 0.4) is 0 Å². The molecule has 0 aromatic heterocycles. The maximum absolute atomic E-state index is 8.83. The van der Waals surface area contributed by atoms with Gasteiger partial charge in [-0.25, -0.2) is 0 Å². The van der Waals surface area contributed by atoms with Crippen LogP contribution < -0.4 is 0 Å². The second-order valence-electron chi connectivity index (χ2n) is 3.97. The van der Waals surface area contributed by atoms with Gasteiger partial charge in [0.25, 0.3) is 0 Å². The summed E-state index contributed by atoms with van der Waals surface area (Å²) in [7, 11) is 0. The van der Waals surface area contributed by atoms with Gasteiger partial charge in [-0.05, 0) is 26.2 Å². The predicted molar refractivity (Wildman–Crippen MR) is 51.7 cm³/mol. The molecule has 11 heavy (non-hydrogen) atoms. The van der Waals surface area contributed by atoms with Gasteiger partial charge in [-0.1, -0.05) is 34.1 Å². The number of aliphatic hydroxyl groups is 1. The zero-order valence-electron chi connectivity index (χ0n) is 8.94. The van der Waals surface area contributed by atoms with Crippen LogP contribution in [0.1, 0.15) is 54.4 Å². The summed E-state index contributed by atoms with van der Waals surface area (Å²) in [6, 6.07) is 0. The Balaban J connectivity index is 0. The third-order valence-electron chi connectivity index (χ3n) is 1.68. The average molecular weight is 160 g/mol. The van der Waals surface area contributed by atoms with Crippen LogP contribution in [0.5, 0.6) is 0 Å². The van der Waals surface area contributed by atoms with Crippen LogP contribution in [0, 0.1) is 5.92 Å². The van der Waals surface area contributed by atoms with Gasteiger partial charge in [0.05, 0.1) is 5.60 Å². The maximum atomic E-state index is 8.83. The fraction of sp³-hybridized carbons (Fsp3) is 1.00. The van der Waals surface area contributed by atoms with Crippen molar-refractivity contribution in [2.75, 3.05) is 0 Å². The topological polar surface area (TPSA) is 20.2 Å². The van der Waals surface area contributed by atoms with Crippen LogP contribution in [-0.4, -0.2) is 10.7 Å². The first-order chi connectivity index (χ1) is 4.83. The van der Waals surface area contributed by atoms with Crippen molar-refractivity contribution in [3.05, 3.63) is 0 Å². The van der Waals surface area contributed by atoms with Crippen LogP contribution in [0.25, 0.3) is 0 Å². The van der Waals surface area contributed by atoms with E-state index in [0.717, 1.165) is 12.3 Å². The normalized spacial score (nSPS) is 10.9. The molecule has 0 aliphatic rings. The molecule has 0 saturated carbocycles. The highest BCUT2D eigenvalue weighted by atomic mass is 16.3. The standard InChI is InChI=1S/C5H12O.C5H12/c1-4-5(2,3)6;1-4-5(2)3/h6H,4H2,1-3H3;5H,4H2,1-3H3. The van der Waals surface area contributed by atoms with Crippen molar-refractivity contribution in [3.63, 3.8) is 0 Å². The van der Waals surface area contributed by atoms with Gasteiger partial charge >= 0.3 is 0 Å². The van der Waals surface area contributed by atoms with Gasteiger partial charge in [0, 0.05) is 0 Å². The lowest BCUT2D eigenvalue weighted by atomic mass is 10.1. The van der Waals surface area contributed by atoms with E-state index >= 15 is 0 Å². The summed E-state index contributed by atoms with van der Waals surface area (Å²) in [4.78, 5) is 0. The fourth-order valence-corrected chi connectivity index (χ4v) is 0. The Bertz CT molecular complexity index is 69.4. The van der Waals surface area contributed by atoms with E-state index in [4.69, 9.17) is 5.11 Å². The molecule has 0 rings (SSSR count). The summed E-state index contributed by atoms with van der Waals surface area (Å²) in [6.07, 6.45) is 2.13. The molecule has 1 nitrogen and oxygen atoms in total. The highest BCUT2D eigenvalue weighted by Crippen LogP contribution is 2.03. The van der Waals surface area contributed by atoms with Crippen molar-refractivity contribution in [3.8, 4) is 0 Å². The van der Waals surface area contributed by atoms with Crippen molar-refractivity contribution in [1.29, 1.82) is 0 Å². The largest absolute Gasteiger partial charge is 0.390 e. The molecule has 0 saturated heterocycles. The molecule has 0 aliphatic heterocycles. The van der Waals surface area contributed by atoms with E-state index in [1.54, 1.807) is 13.8 Å². The lowest BCUT2D eigenvalue weighted by molar-refractivity contribution is 0.0765. The van der Waals surface area contributed by atoms with E-state index in [0.29, 0.717) is 0 Å². The molecule has 0 aliphatic carbocycles. The molecular weight excluding hydrogens is 136 g/mol. The quantitative estimate of drug-likeness (QED) is 0.657. The molecule has 0 atom stereocenters. The Kier molecular flexibility index (Phi) is 8.20. The molecule has 0 aromatic carbocycles. The minimum absolute atomic E-state index is 0.458. The van der Waals surface area contributed by atoms with E-state index in [-0.39, 0.29) is 0 Å². The summed E-state index contributed by atoms with van der Waals surface area (Å²) in [5, 5.41) is 8.83. The lowest BCUT2D eigenvalue weighted by Gasteiger charge is -2.11. The van der Waals surface area contributed by atoms with Gasteiger partial charge < -0.3 is 5.11 Å². The van der Waals surface area contributed by atoms with Crippen LogP contribution in [-0.2, 0) is 0 Å². The Labute approximate surface area is 71.8 Å². The Morgan fingerprint density at radius 1 is 1.18 bits per heavy atom. The molecule has 70 valence electrons. The van der Waals surface area contributed by atoms with Gasteiger partial charge in [0.15, 0.2) is 0 Å². The van der Waals surface area contributed by atoms with Gasteiger partial charge in [0.2, 0.25) is 0 Å². The number of rotatable bonds is 2. The van der Waals surface area contributed by atoms with Crippen LogP contribution in [0.4, 0.5) is 0 Å². The summed E-state index contributed by atoms with van der Waals surface area (Å²) < 4.78 is 0.